The molecule has 2 aromatic rings. The highest BCUT2D eigenvalue weighted by Gasteiger charge is 2.27. The highest BCUT2D eigenvalue weighted by Crippen LogP contribution is 2.33. The van der Waals surface area contributed by atoms with Crippen molar-refractivity contribution in [3.8, 4) is 0 Å². The normalized spacial score (nSPS) is 14.2. The van der Waals surface area contributed by atoms with Crippen molar-refractivity contribution in [2.45, 2.75) is 19.8 Å². The van der Waals surface area contributed by atoms with E-state index in [1.54, 1.807) is 11.0 Å². The molecule has 1 aliphatic heterocycles. The number of nitrogens with two attached hydrogens (primary N) is 1. The zero-order valence-corrected chi connectivity index (χ0v) is 12.7. The van der Waals surface area contributed by atoms with E-state index in [-0.39, 0.29) is 5.91 Å². The van der Waals surface area contributed by atoms with Gasteiger partial charge in [-0.05, 0) is 59.5 Å². The van der Waals surface area contributed by atoms with Crippen LogP contribution < -0.4 is 10.6 Å². The molecule has 5 heteroatoms. The molecule has 0 saturated heterocycles. The number of benzene rings is 1. The van der Waals surface area contributed by atoms with Gasteiger partial charge in [-0.2, -0.15) is 0 Å². The zero-order chi connectivity index (χ0) is 14.3. The lowest BCUT2D eigenvalue weighted by atomic mass is 9.99. The van der Waals surface area contributed by atoms with Gasteiger partial charge >= 0.3 is 0 Å². The summed E-state index contributed by atoms with van der Waals surface area (Å²) in [6.45, 7) is 2.55. The predicted molar refractivity (Wildman–Crippen MR) is 82.0 cm³/mol. The van der Waals surface area contributed by atoms with E-state index >= 15 is 0 Å². The number of nitrogens with zero attached hydrogens (tertiary/aromatic N) is 1. The summed E-state index contributed by atoms with van der Waals surface area (Å²) in [6, 6.07) is 7.50. The average Bonchev–Trinajstić information content (AvgIpc) is 2.77. The summed E-state index contributed by atoms with van der Waals surface area (Å²) in [7, 11) is 0. The fraction of sp³-hybridized carbons (Fsp3) is 0.267. The van der Waals surface area contributed by atoms with Crippen LogP contribution in [0, 0.1) is 6.92 Å². The maximum Gasteiger partial charge on any atom is 0.294 e. The van der Waals surface area contributed by atoms with Gasteiger partial charge in [0.25, 0.3) is 5.91 Å². The molecule has 0 aliphatic carbocycles. The van der Waals surface area contributed by atoms with Gasteiger partial charge in [-0.15, -0.1) is 0 Å². The number of fused-ring (bicyclic) bond motifs is 1. The van der Waals surface area contributed by atoms with Crippen molar-refractivity contribution >= 4 is 33.2 Å². The van der Waals surface area contributed by atoms with E-state index in [9.17, 15) is 4.79 Å². The van der Waals surface area contributed by atoms with E-state index in [2.05, 4.69) is 15.9 Å². The van der Waals surface area contributed by atoms with E-state index in [0.717, 1.165) is 35.3 Å². The van der Waals surface area contributed by atoms with Crippen molar-refractivity contribution in [3.05, 3.63) is 45.8 Å². The number of carbonyl (C=O) groups excluding carboxylic acids is 1. The Morgan fingerprint density at radius 2 is 2.25 bits per heavy atom. The van der Waals surface area contributed by atoms with E-state index in [0.29, 0.717) is 17.0 Å². The number of hydrogen-bond donors (Lipinski definition) is 1. The van der Waals surface area contributed by atoms with Crippen LogP contribution in [0.2, 0.25) is 0 Å². The first-order chi connectivity index (χ1) is 9.58. The Kier molecular flexibility index (Phi) is 3.30. The monoisotopic (exact) mass is 334 g/mol. The maximum absolute atomic E-state index is 12.7. The lowest BCUT2D eigenvalue weighted by molar-refractivity contribution is 0.0956. The summed E-state index contributed by atoms with van der Waals surface area (Å²) in [5.41, 5.74) is 9.53. The molecule has 2 heterocycles. The summed E-state index contributed by atoms with van der Waals surface area (Å²) < 4.78 is 6.04. The van der Waals surface area contributed by atoms with Gasteiger partial charge in [0.15, 0.2) is 10.4 Å². The molecule has 0 radical (unpaired) electrons. The van der Waals surface area contributed by atoms with Crippen LogP contribution in [0.4, 0.5) is 11.4 Å². The van der Waals surface area contributed by atoms with Crippen LogP contribution in [0.5, 0.6) is 0 Å². The highest BCUT2D eigenvalue weighted by atomic mass is 79.9. The Morgan fingerprint density at radius 3 is 2.95 bits per heavy atom. The second-order valence-electron chi connectivity index (χ2n) is 4.97. The van der Waals surface area contributed by atoms with Crippen LogP contribution in [0.25, 0.3) is 0 Å². The van der Waals surface area contributed by atoms with Crippen molar-refractivity contribution in [2.24, 2.45) is 0 Å². The number of anilines is 2. The first-order valence-electron chi connectivity index (χ1n) is 6.53. The molecule has 0 saturated carbocycles. The lowest BCUT2D eigenvalue weighted by Crippen LogP contribution is -2.35. The third-order valence-electron chi connectivity index (χ3n) is 3.61. The third kappa shape index (κ3) is 2.12. The molecule has 20 heavy (non-hydrogen) atoms. The predicted octanol–water partition coefficient (Wildman–Crippen LogP) is 3.53. The van der Waals surface area contributed by atoms with Crippen molar-refractivity contribution in [2.75, 3.05) is 17.2 Å². The number of rotatable bonds is 1. The van der Waals surface area contributed by atoms with Crippen molar-refractivity contribution in [3.63, 3.8) is 0 Å². The molecule has 2 N–H and O–H groups in total. The fourth-order valence-electron chi connectivity index (χ4n) is 2.64. The van der Waals surface area contributed by atoms with Crippen molar-refractivity contribution in [1.82, 2.24) is 0 Å². The van der Waals surface area contributed by atoms with Gasteiger partial charge in [0.2, 0.25) is 0 Å². The molecule has 0 unspecified atom stereocenters. The quantitative estimate of drug-likeness (QED) is 0.811. The smallest absolute Gasteiger partial charge is 0.294 e. The van der Waals surface area contributed by atoms with Crippen LogP contribution in [0.3, 0.4) is 0 Å². The molecule has 1 aliphatic rings. The molecule has 4 nitrogen and oxygen atoms in total. The van der Waals surface area contributed by atoms with E-state index in [4.69, 9.17) is 10.2 Å². The molecule has 0 bridgehead atoms. The molecular weight excluding hydrogens is 320 g/mol. The van der Waals surface area contributed by atoms with Gasteiger partial charge in [-0.1, -0.05) is 6.07 Å². The highest BCUT2D eigenvalue weighted by molar-refractivity contribution is 9.10. The number of aryl methyl sites for hydroxylation is 1. The van der Waals surface area contributed by atoms with Crippen LogP contribution in [0.15, 0.2) is 33.4 Å². The van der Waals surface area contributed by atoms with Crippen LogP contribution in [0.1, 0.15) is 28.1 Å². The summed E-state index contributed by atoms with van der Waals surface area (Å²) in [5.74, 6) is 0.270. The largest absolute Gasteiger partial charge is 0.444 e. The number of hydrogen-bond acceptors (Lipinski definition) is 3. The zero-order valence-electron chi connectivity index (χ0n) is 11.1. The Labute approximate surface area is 125 Å². The van der Waals surface area contributed by atoms with Crippen LogP contribution >= 0.6 is 15.9 Å². The van der Waals surface area contributed by atoms with Crippen LogP contribution in [-0.2, 0) is 6.42 Å². The average molecular weight is 335 g/mol. The minimum absolute atomic E-state index is 0.111. The number of halogens is 1. The second kappa shape index (κ2) is 4.98. The lowest BCUT2D eigenvalue weighted by Gasteiger charge is -2.29. The molecule has 0 atom stereocenters. The van der Waals surface area contributed by atoms with E-state index in [1.165, 1.54) is 0 Å². The van der Waals surface area contributed by atoms with Crippen LogP contribution in [-0.4, -0.2) is 12.5 Å². The number of nitrogen functional groups attached to an aromatic ring is 1. The van der Waals surface area contributed by atoms with Gasteiger partial charge in [-0.3, -0.25) is 4.79 Å². The first-order valence-corrected chi connectivity index (χ1v) is 7.32. The Morgan fingerprint density at radius 1 is 1.45 bits per heavy atom. The molecule has 104 valence electrons. The summed E-state index contributed by atoms with van der Waals surface area (Å²) in [5, 5.41) is 0. The molecular formula is C15H15BrN2O2. The van der Waals surface area contributed by atoms with Gasteiger partial charge in [-0.25, -0.2) is 0 Å². The number of carbonyl (C=O) groups is 1. The molecule has 3 rings (SSSR count). The molecule has 0 spiro atoms. The summed E-state index contributed by atoms with van der Waals surface area (Å²) in [6.07, 6.45) is 1.82. The number of amides is 1. The SMILES string of the molecule is Cc1cc(Br)oc1C(=O)N1CCCc2c(N)cccc21. The minimum atomic E-state index is -0.111. The Hall–Kier alpha value is -1.75. The van der Waals surface area contributed by atoms with Gasteiger partial charge in [0, 0.05) is 23.5 Å². The molecule has 1 amide bonds. The number of furan rings is 1. The van der Waals surface area contributed by atoms with Gasteiger partial charge in [0.05, 0.1) is 0 Å². The second-order valence-corrected chi connectivity index (χ2v) is 5.75. The van der Waals surface area contributed by atoms with E-state index < -0.39 is 0 Å². The summed E-state index contributed by atoms with van der Waals surface area (Å²) >= 11 is 3.26. The van der Waals surface area contributed by atoms with Crippen molar-refractivity contribution in [1.29, 1.82) is 0 Å². The summed E-state index contributed by atoms with van der Waals surface area (Å²) in [4.78, 5) is 14.4. The Balaban J connectivity index is 2.03. The molecule has 1 aromatic carbocycles. The van der Waals surface area contributed by atoms with E-state index in [1.807, 2.05) is 25.1 Å². The van der Waals surface area contributed by atoms with Gasteiger partial charge in [0.1, 0.15) is 0 Å². The topological polar surface area (TPSA) is 59.5 Å². The third-order valence-corrected chi connectivity index (χ3v) is 4.00. The standard InChI is InChI=1S/C15H15BrN2O2/c1-9-8-13(16)20-14(9)15(19)18-7-3-4-10-11(17)5-2-6-12(10)18/h2,5-6,8H,3-4,7,17H2,1H3. The first kappa shape index (κ1) is 13.2. The van der Waals surface area contributed by atoms with Crippen molar-refractivity contribution < 1.29 is 9.21 Å². The maximum atomic E-state index is 12.7. The fourth-order valence-corrected chi connectivity index (χ4v) is 3.15. The van der Waals surface area contributed by atoms with Gasteiger partial charge < -0.3 is 15.1 Å². The molecule has 1 aromatic heterocycles. The minimum Gasteiger partial charge on any atom is -0.444 e. The Bertz CT molecular complexity index is 679. The molecule has 0 fully saturated rings.